The van der Waals surface area contributed by atoms with Crippen molar-refractivity contribution in [2.75, 3.05) is 0 Å². The molecule has 3 N–H and O–H groups in total. The summed E-state index contributed by atoms with van der Waals surface area (Å²) in [7, 11) is 0. The maximum absolute atomic E-state index is 13.8. The summed E-state index contributed by atoms with van der Waals surface area (Å²) in [5.41, 5.74) is 3.12. The first kappa shape index (κ1) is 20.6. The summed E-state index contributed by atoms with van der Waals surface area (Å²) in [6.45, 7) is 8.89. The Balaban J connectivity index is 1.49. The molecule has 0 bridgehead atoms. The van der Waals surface area contributed by atoms with Crippen LogP contribution in [0, 0.1) is 5.95 Å². The maximum atomic E-state index is 13.8. The van der Waals surface area contributed by atoms with Crippen molar-refractivity contribution in [2.45, 2.75) is 57.7 Å². The molecule has 4 aromatic rings. The molecule has 166 valence electrons. The van der Waals surface area contributed by atoms with Gasteiger partial charge in [0.05, 0.1) is 24.0 Å². The van der Waals surface area contributed by atoms with Gasteiger partial charge in [-0.05, 0) is 64.3 Å². The van der Waals surface area contributed by atoms with Crippen LogP contribution < -0.4 is 5.32 Å². The highest BCUT2D eigenvalue weighted by Gasteiger charge is 2.39. The maximum Gasteiger partial charge on any atom is 0.216 e. The summed E-state index contributed by atoms with van der Waals surface area (Å²) in [4.78, 5) is 4.71. The molecule has 1 aliphatic rings. The molecule has 4 heterocycles. The van der Waals surface area contributed by atoms with Crippen LogP contribution in [0.5, 0.6) is 5.75 Å². The first-order valence-corrected chi connectivity index (χ1v) is 10.8. The van der Waals surface area contributed by atoms with Gasteiger partial charge in [0.1, 0.15) is 5.75 Å². The Labute approximate surface area is 185 Å². The van der Waals surface area contributed by atoms with E-state index in [0.717, 1.165) is 29.4 Å². The van der Waals surface area contributed by atoms with Crippen LogP contribution in [0.4, 0.5) is 4.39 Å². The van der Waals surface area contributed by atoms with Crippen molar-refractivity contribution in [1.82, 2.24) is 30.3 Å². The van der Waals surface area contributed by atoms with Crippen LogP contribution in [0.2, 0.25) is 0 Å². The molecular weight excluding hydrogens is 407 g/mol. The molecule has 0 saturated carbocycles. The fourth-order valence-electron chi connectivity index (χ4n) is 5.21. The number of aromatic amines is 1. The van der Waals surface area contributed by atoms with Crippen LogP contribution in [0.1, 0.15) is 46.6 Å². The molecule has 1 fully saturated rings. The van der Waals surface area contributed by atoms with E-state index >= 15 is 0 Å². The van der Waals surface area contributed by atoms with Gasteiger partial charge >= 0.3 is 0 Å². The summed E-state index contributed by atoms with van der Waals surface area (Å²) in [5, 5.41) is 25.9. The van der Waals surface area contributed by atoms with E-state index in [2.05, 4.69) is 48.3 Å². The first-order valence-electron chi connectivity index (χ1n) is 10.8. The predicted octanol–water partition coefficient (Wildman–Crippen LogP) is 4.81. The van der Waals surface area contributed by atoms with E-state index in [4.69, 9.17) is 4.98 Å². The van der Waals surface area contributed by atoms with E-state index in [9.17, 15) is 9.50 Å². The normalized spacial score (nSPS) is 18.3. The summed E-state index contributed by atoms with van der Waals surface area (Å²) < 4.78 is 15.8. The molecule has 32 heavy (non-hydrogen) atoms. The van der Waals surface area contributed by atoms with Gasteiger partial charge in [-0.1, -0.05) is 6.07 Å². The van der Waals surface area contributed by atoms with Crippen molar-refractivity contribution < 1.29 is 9.50 Å². The van der Waals surface area contributed by atoms with Crippen LogP contribution in [0.3, 0.4) is 0 Å². The number of fused-ring (bicyclic) bond motifs is 1. The smallest absolute Gasteiger partial charge is 0.216 e. The summed E-state index contributed by atoms with van der Waals surface area (Å²) in [6, 6.07) is 7.29. The molecule has 0 atom stereocenters. The number of H-pyrrole nitrogens is 1. The van der Waals surface area contributed by atoms with E-state index in [1.165, 1.54) is 12.3 Å². The van der Waals surface area contributed by atoms with Gasteiger partial charge in [0.15, 0.2) is 5.65 Å². The largest absolute Gasteiger partial charge is 0.507 e. The van der Waals surface area contributed by atoms with Crippen molar-refractivity contribution >= 4 is 11.0 Å². The van der Waals surface area contributed by atoms with Gasteiger partial charge in [-0.3, -0.25) is 5.10 Å². The lowest BCUT2D eigenvalue weighted by Crippen LogP contribution is -2.58. The van der Waals surface area contributed by atoms with Crippen LogP contribution in [0.25, 0.3) is 33.3 Å². The van der Waals surface area contributed by atoms with Gasteiger partial charge in [-0.2, -0.15) is 14.6 Å². The van der Waals surface area contributed by atoms with Gasteiger partial charge in [-0.15, -0.1) is 0 Å². The Kier molecular flexibility index (Phi) is 4.60. The zero-order chi connectivity index (χ0) is 22.7. The number of halogens is 1. The molecule has 0 unspecified atom stereocenters. The number of nitrogens with one attached hydrogen (secondary N) is 2. The van der Waals surface area contributed by atoms with E-state index in [0.29, 0.717) is 16.7 Å². The van der Waals surface area contributed by atoms with Crippen molar-refractivity contribution in [2.24, 2.45) is 0 Å². The number of rotatable bonds is 3. The summed E-state index contributed by atoms with van der Waals surface area (Å²) in [6.07, 6.45) is 6.91. The molecular formula is C24H27FN6O. The van der Waals surface area contributed by atoms with Crippen LogP contribution in [-0.4, -0.2) is 41.1 Å². The van der Waals surface area contributed by atoms with Gasteiger partial charge in [0.2, 0.25) is 5.95 Å². The van der Waals surface area contributed by atoms with Gasteiger partial charge in [0.25, 0.3) is 0 Å². The molecule has 8 heteroatoms. The topological polar surface area (TPSA) is 91.7 Å². The molecule has 1 saturated heterocycles. The van der Waals surface area contributed by atoms with Crippen LogP contribution >= 0.6 is 0 Å². The standard InChI is InChI=1S/C24H27FN6O/c1-23(2)9-17(10-24(3,4)30-23)31-22-16(12-28-31)7-15(11-26-22)18-6-5-14(8-20(18)32)19-13-27-29-21(19)25/h5-8,11-13,17,30,32H,9-10H2,1-4H3,(H,27,29). The number of nitrogens with zero attached hydrogens (tertiary/aromatic N) is 4. The SMILES string of the molecule is CC1(C)CC(n2ncc3cc(-c4ccc(-c5cn[nH]c5F)cc4O)cnc32)CC(C)(C)N1. The third-order valence-corrected chi connectivity index (χ3v) is 6.16. The summed E-state index contributed by atoms with van der Waals surface area (Å²) in [5.74, 6) is -0.476. The third kappa shape index (κ3) is 3.64. The Morgan fingerprint density at radius 3 is 2.41 bits per heavy atom. The number of hydrogen-bond donors (Lipinski definition) is 3. The Morgan fingerprint density at radius 2 is 1.75 bits per heavy atom. The van der Waals surface area contributed by atoms with Crippen molar-refractivity contribution in [3.63, 3.8) is 0 Å². The van der Waals surface area contributed by atoms with Crippen molar-refractivity contribution in [1.29, 1.82) is 0 Å². The second kappa shape index (κ2) is 7.13. The number of piperidine rings is 1. The van der Waals surface area contributed by atoms with E-state index in [1.54, 1.807) is 18.3 Å². The molecule has 7 nitrogen and oxygen atoms in total. The molecule has 0 amide bonds. The molecule has 1 aliphatic heterocycles. The van der Waals surface area contributed by atoms with Crippen molar-refractivity contribution in [3.05, 3.63) is 48.8 Å². The monoisotopic (exact) mass is 434 g/mol. The first-order chi connectivity index (χ1) is 15.1. The fraction of sp³-hybridized carbons (Fsp3) is 0.375. The van der Waals surface area contributed by atoms with E-state index in [-0.39, 0.29) is 22.9 Å². The minimum absolute atomic E-state index is 0.00657. The highest BCUT2D eigenvalue weighted by atomic mass is 19.1. The quantitative estimate of drug-likeness (QED) is 0.430. The highest BCUT2D eigenvalue weighted by Crippen LogP contribution is 2.38. The third-order valence-electron chi connectivity index (χ3n) is 6.16. The molecule has 1 aromatic carbocycles. The fourth-order valence-corrected chi connectivity index (χ4v) is 5.21. The van der Waals surface area contributed by atoms with Crippen LogP contribution in [-0.2, 0) is 0 Å². The lowest BCUT2D eigenvalue weighted by molar-refractivity contribution is 0.128. The average molecular weight is 435 g/mol. The van der Waals surface area contributed by atoms with E-state index < -0.39 is 5.95 Å². The minimum Gasteiger partial charge on any atom is -0.507 e. The number of phenolic OH excluding ortho intramolecular Hbond substituents is 1. The Hall–Kier alpha value is -3.26. The average Bonchev–Trinajstić information content (AvgIpc) is 3.31. The number of benzene rings is 1. The van der Waals surface area contributed by atoms with Crippen LogP contribution in [0.15, 0.2) is 42.9 Å². The lowest BCUT2D eigenvalue weighted by Gasteiger charge is -2.46. The number of aromatic hydroxyl groups is 1. The molecule has 3 aromatic heterocycles. The van der Waals surface area contributed by atoms with Gasteiger partial charge < -0.3 is 10.4 Å². The van der Waals surface area contributed by atoms with E-state index in [1.807, 2.05) is 16.9 Å². The number of aromatic nitrogens is 5. The predicted molar refractivity (Wildman–Crippen MR) is 122 cm³/mol. The zero-order valence-electron chi connectivity index (χ0n) is 18.6. The number of hydrogen-bond acceptors (Lipinski definition) is 5. The minimum atomic E-state index is -0.531. The van der Waals surface area contributed by atoms with Gasteiger partial charge in [-0.25, -0.2) is 9.67 Å². The molecule has 0 spiro atoms. The zero-order valence-corrected chi connectivity index (χ0v) is 18.6. The summed E-state index contributed by atoms with van der Waals surface area (Å²) >= 11 is 0. The Bertz CT molecular complexity index is 1290. The molecule has 0 aliphatic carbocycles. The molecule has 0 radical (unpaired) electrons. The highest BCUT2D eigenvalue weighted by molar-refractivity contribution is 5.83. The lowest BCUT2D eigenvalue weighted by atomic mass is 9.79. The van der Waals surface area contributed by atoms with Gasteiger partial charge in [0, 0.05) is 33.8 Å². The Morgan fingerprint density at radius 1 is 1.00 bits per heavy atom. The second-order valence-electron chi connectivity index (χ2n) is 10.0. The number of pyridine rings is 1. The number of phenols is 1. The molecule has 5 rings (SSSR count). The van der Waals surface area contributed by atoms with Crippen molar-refractivity contribution in [3.8, 4) is 28.0 Å². The second-order valence-corrected chi connectivity index (χ2v) is 10.0.